The highest BCUT2D eigenvalue weighted by Gasteiger charge is 2.21. The van der Waals surface area contributed by atoms with E-state index in [-0.39, 0.29) is 24.9 Å². The molecule has 0 bridgehead atoms. The number of rotatable bonds is 5. The Morgan fingerprint density at radius 2 is 1.78 bits per heavy atom. The van der Waals surface area contributed by atoms with Crippen molar-refractivity contribution in [2.24, 2.45) is 0 Å². The molecule has 0 saturated carbocycles. The topological polar surface area (TPSA) is 68.6 Å². The van der Waals surface area contributed by atoms with Gasteiger partial charge in [-0.2, -0.15) is 0 Å². The van der Waals surface area contributed by atoms with Crippen LogP contribution in [0.25, 0.3) is 22.1 Å². The number of amides is 1. The van der Waals surface area contributed by atoms with Crippen molar-refractivity contribution in [3.63, 3.8) is 0 Å². The van der Waals surface area contributed by atoms with Gasteiger partial charge in [-0.3, -0.25) is 9.36 Å². The van der Waals surface area contributed by atoms with Crippen LogP contribution < -0.4 is 5.76 Å². The quantitative estimate of drug-likeness (QED) is 0.538. The molecule has 0 aliphatic heterocycles. The largest absolute Gasteiger partial charge is 0.459 e. The lowest BCUT2D eigenvalue weighted by molar-refractivity contribution is -0.132. The van der Waals surface area contributed by atoms with Crippen LogP contribution in [0.15, 0.2) is 68.2 Å². The van der Waals surface area contributed by atoms with Crippen LogP contribution in [0.1, 0.15) is 25.1 Å². The number of hydrogen-bond acceptors (Lipinski definition) is 4. The van der Waals surface area contributed by atoms with Gasteiger partial charge in [0.05, 0.1) is 11.6 Å². The minimum atomic E-state index is -0.447. The zero-order valence-electron chi connectivity index (χ0n) is 15.2. The van der Waals surface area contributed by atoms with E-state index in [1.165, 1.54) is 4.57 Å². The fourth-order valence-corrected chi connectivity index (χ4v) is 3.22. The maximum absolute atomic E-state index is 12.7. The van der Waals surface area contributed by atoms with Crippen LogP contribution >= 0.6 is 0 Å². The molecule has 0 aliphatic carbocycles. The summed E-state index contributed by atoms with van der Waals surface area (Å²) < 4.78 is 12.6. The van der Waals surface area contributed by atoms with Gasteiger partial charge >= 0.3 is 5.76 Å². The normalized spacial score (nSPS) is 12.5. The molecule has 2 heterocycles. The summed E-state index contributed by atoms with van der Waals surface area (Å²) in [5.74, 6) is 0.218. The van der Waals surface area contributed by atoms with E-state index in [0.717, 1.165) is 16.7 Å². The molecule has 0 saturated heterocycles. The molecule has 1 unspecified atom stereocenters. The minimum absolute atomic E-state index is 0.0693. The van der Waals surface area contributed by atoms with Crippen molar-refractivity contribution in [3.05, 3.63) is 70.9 Å². The van der Waals surface area contributed by atoms with Crippen LogP contribution in [-0.2, 0) is 11.3 Å². The van der Waals surface area contributed by atoms with Crippen LogP contribution in [0, 0.1) is 0 Å². The molecular weight excluding hydrogens is 344 g/mol. The van der Waals surface area contributed by atoms with E-state index in [0.29, 0.717) is 11.1 Å². The van der Waals surface area contributed by atoms with Crippen molar-refractivity contribution in [1.29, 1.82) is 0 Å². The second-order valence-corrected chi connectivity index (χ2v) is 6.60. The van der Waals surface area contributed by atoms with Crippen molar-refractivity contribution < 1.29 is 13.6 Å². The fourth-order valence-electron chi connectivity index (χ4n) is 3.22. The summed E-state index contributed by atoms with van der Waals surface area (Å²) in [6.07, 6.45) is 0.199. The van der Waals surface area contributed by atoms with E-state index in [1.807, 2.05) is 55.5 Å². The summed E-state index contributed by atoms with van der Waals surface area (Å²) in [6.45, 7) is 2.20. The average Bonchev–Trinajstić information content (AvgIpc) is 3.25. The van der Waals surface area contributed by atoms with Crippen LogP contribution in [0.4, 0.5) is 0 Å². The maximum atomic E-state index is 12.7. The smallest absolute Gasteiger partial charge is 0.419 e. The Morgan fingerprint density at radius 3 is 2.56 bits per heavy atom. The van der Waals surface area contributed by atoms with Crippen LogP contribution in [-0.4, -0.2) is 22.4 Å². The van der Waals surface area contributed by atoms with Gasteiger partial charge < -0.3 is 13.7 Å². The molecule has 0 spiro atoms. The molecule has 0 fully saturated rings. The zero-order chi connectivity index (χ0) is 19.0. The number of carbonyl (C=O) groups excluding carboxylic acids is 1. The first-order valence-electron chi connectivity index (χ1n) is 8.87. The zero-order valence-corrected chi connectivity index (χ0v) is 15.2. The van der Waals surface area contributed by atoms with Gasteiger partial charge in [-0.15, -0.1) is 0 Å². The lowest BCUT2D eigenvalue weighted by Crippen LogP contribution is -2.31. The van der Waals surface area contributed by atoms with Crippen molar-refractivity contribution in [3.8, 4) is 0 Å². The van der Waals surface area contributed by atoms with Crippen LogP contribution in [0.2, 0.25) is 0 Å². The highest BCUT2D eigenvalue weighted by atomic mass is 16.4. The minimum Gasteiger partial charge on any atom is -0.459 e. The summed E-state index contributed by atoms with van der Waals surface area (Å²) in [7, 11) is 1.75. The Bertz CT molecular complexity index is 1130. The Labute approximate surface area is 155 Å². The van der Waals surface area contributed by atoms with Crippen molar-refractivity contribution in [2.45, 2.75) is 25.9 Å². The summed E-state index contributed by atoms with van der Waals surface area (Å²) in [4.78, 5) is 26.3. The SMILES string of the molecule is CC(c1cc2ccccc2o1)N(C)C(=O)CCn1c(=O)oc2ccccc21. The number of hydrogen-bond donors (Lipinski definition) is 0. The molecule has 4 rings (SSSR count). The molecule has 138 valence electrons. The van der Waals surface area contributed by atoms with Crippen molar-refractivity contribution in [2.75, 3.05) is 7.05 Å². The van der Waals surface area contributed by atoms with Gasteiger partial charge in [0.15, 0.2) is 5.58 Å². The Morgan fingerprint density at radius 1 is 1.07 bits per heavy atom. The predicted octanol–water partition coefficient (Wildman–Crippen LogP) is 3.95. The second kappa shape index (κ2) is 6.79. The number of carbonyl (C=O) groups is 1. The van der Waals surface area contributed by atoms with E-state index >= 15 is 0 Å². The third-order valence-electron chi connectivity index (χ3n) is 4.95. The van der Waals surface area contributed by atoms with Gasteiger partial charge in [-0.25, -0.2) is 4.79 Å². The average molecular weight is 364 g/mol. The van der Waals surface area contributed by atoms with Gasteiger partial charge in [0.25, 0.3) is 0 Å². The molecule has 0 aliphatic rings. The molecule has 1 atom stereocenters. The van der Waals surface area contributed by atoms with Gasteiger partial charge in [0.1, 0.15) is 11.3 Å². The third-order valence-corrected chi connectivity index (χ3v) is 4.95. The lowest BCUT2D eigenvalue weighted by atomic mass is 10.2. The first kappa shape index (κ1) is 17.1. The number of nitrogens with zero attached hydrogens (tertiary/aromatic N) is 2. The van der Waals surface area contributed by atoms with E-state index in [9.17, 15) is 9.59 Å². The standard InChI is InChI=1S/C21H20N2O4/c1-14(19-13-15-7-3-5-9-17(15)26-19)22(2)20(24)11-12-23-16-8-4-6-10-18(16)27-21(23)25/h3-10,13-14H,11-12H2,1-2H3. The number of oxazole rings is 1. The number of fused-ring (bicyclic) bond motifs is 2. The summed E-state index contributed by atoms with van der Waals surface area (Å²) >= 11 is 0. The molecule has 27 heavy (non-hydrogen) atoms. The highest BCUT2D eigenvalue weighted by molar-refractivity contribution is 5.79. The first-order valence-corrected chi connectivity index (χ1v) is 8.87. The second-order valence-electron chi connectivity index (χ2n) is 6.60. The molecule has 2 aromatic heterocycles. The molecule has 6 heteroatoms. The third kappa shape index (κ3) is 3.14. The van der Waals surface area contributed by atoms with E-state index < -0.39 is 5.76 Å². The Hall–Kier alpha value is -3.28. The van der Waals surface area contributed by atoms with Gasteiger partial charge in [-0.1, -0.05) is 30.3 Å². The van der Waals surface area contributed by atoms with E-state index in [4.69, 9.17) is 8.83 Å². The summed E-state index contributed by atoms with van der Waals surface area (Å²) in [6, 6.07) is 16.7. The molecule has 0 N–H and O–H groups in total. The van der Waals surface area contributed by atoms with Crippen molar-refractivity contribution >= 4 is 28.0 Å². The number of para-hydroxylation sites is 3. The lowest BCUT2D eigenvalue weighted by Gasteiger charge is -2.23. The summed E-state index contributed by atoms with van der Waals surface area (Å²) in [5.41, 5.74) is 2.03. The molecule has 6 nitrogen and oxygen atoms in total. The summed E-state index contributed by atoms with van der Waals surface area (Å²) in [5, 5.41) is 1.01. The molecule has 2 aromatic carbocycles. The fraction of sp³-hybridized carbons (Fsp3) is 0.238. The van der Waals surface area contributed by atoms with E-state index in [1.54, 1.807) is 18.0 Å². The monoisotopic (exact) mass is 364 g/mol. The number of benzene rings is 2. The maximum Gasteiger partial charge on any atom is 0.419 e. The molecular formula is C21H20N2O4. The Kier molecular flexibility index (Phi) is 4.32. The molecule has 0 radical (unpaired) electrons. The van der Waals surface area contributed by atoms with Gasteiger partial charge in [0.2, 0.25) is 5.91 Å². The highest BCUT2D eigenvalue weighted by Crippen LogP contribution is 2.27. The number of furan rings is 1. The Balaban J connectivity index is 1.48. The van der Waals surface area contributed by atoms with Crippen LogP contribution in [0.5, 0.6) is 0 Å². The van der Waals surface area contributed by atoms with Crippen LogP contribution in [0.3, 0.4) is 0 Å². The number of aromatic nitrogens is 1. The first-order chi connectivity index (χ1) is 13.0. The van der Waals surface area contributed by atoms with Gasteiger partial charge in [-0.05, 0) is 31.2 Å². The predicted molar refractivity (Wildman–Crippen MR) is 102 cm³/mol. The van der Waals surface area contributed by atoms with Gasteiger partial charge in [0, 0.05) is 25.4 Å². The number of aryl methyl sites for hydroxylation is 1. The van der Waals surface area contributed by atoms with E-state index in [2.05, 4.69) is 0 Å². The van der Waals surface area contributed by atoms with Crippen molar-refractivity contribution in [1.82, 2.24) is 9.47 Å². The molecule has 4 aromatic rings. The molecule has 1 amide bonds.